The van der Waals surface area contributed by atoms with Crippen LogP contribution in [0, 0.1) is 0 Å². The van der Waals surface area contributed by atoms with Crippen molar-refractivity contribution in [3.05, 3.63) is 77.4 Å². The number of anilines is 1. The van der Waals surface area contributed by atoms with Crippen LogP contribution in [0.25, 0.3) is 10.8 Å². The van der Waals surface area contributed by atoms with Gasteiger partial charge in [0.15, 0.2) is 5.78 Å². The normalized spacial score (nSPS) is 13.4. The van der Waals surface area contributed by atoms with Crippen molar-refractivity contribution in [2.24, 2.45) is 11.5 Å². The van der Waals surface area contributed by atoms with Crippen LogP contribution in [0.1, 0.15) is 47.1 Å². The number of benzene rings is 3. The van der Waals surface area contributed by atoms with E-state index >= 15 is 0 Å². The topological polar surface area (TPSA) is 142 Å². The molecule has 0 saturated heterocycles. The minimum Gasteiger partial charge on any atom is -0.467 e. The van der Waals surface area contributed by atoms with Crippen molar-refractivity contribution < 1.29 is 28.7 Å². The first kappa shape index (κ1) is 27.5. The van der Waals surface area contributed by atoms with Gasteiger partial charge in [-0.25, -0.2) is 9.59 Å². The average Bonchev–Trinajstić information content (AvgIpc) is 2.90. The van der Waals surface area contributed by atoms with Crippen molar-refractivity contribution in [1.29, 1.82) is 0 Å². The Balaban J connectivity index is 2.35. The summed E-state index contributed by atoms with van der Waals surface area (Å²) in [4.78, 5) is 54.2. The third-order valence-corrected chi connectivity index (χ3v) is 5.91. The number of fused-ring (bicyclic) bond motifs is 1. The molecule has 0 aliphatic rings. The lowest BCUT2D eigenvalue weighted by atomic mass is 9.91. The fourth-order valence-electron chi connectivity index (χ4n) is 4.01. The van der Waals surface area contributed by atoms with Crippen LogP contribution in [0.3, 0.4) is 0 Å². The van der Waals surface area contributed by atoms with Crippen molar-refractivity contribution in [2.75, 3.05) is 12.0 Å². The molecule has 0 bridgehead atoms. The molecule has 0 aliphatic carbocycles. The fourth-order valence-corrected chi connectivity index (χ4v) is 4.01. The zero-order valence-corrected chi connectivity index (χ0v) is 21.3. The third kappa shape index (κ3) is 5.84. The van der Waals surface area contributed by atoms with Crippen LogP contribution in [-0.2, 0) is 25.7 Å². The largest absolute Gasteiger partial charge is 0.467 e. The number of rotatable bonds is 9. The zero-order valence-electron chi connectivity index (χ0n) is 21.3. The van der Waals surface area contributed by atoms with Gasteiger partial charge in [-0.3, -0.25) is 14.5 Å². The molecule has 3 aromatic rings. The average molecular weight is 506 g/mol. The highest BCUT2D eigenvalue weighted by atomic mass is 16.5. The number of hydrogen-bond donors (Lipinski definition) is 2. The van der Waals surface area contributed by atoms with Crippen molar-refractivity contribution in [2.45, 2.75) is 45.5 Å². The predicted octanol–water partition coefficient (Wildman–Crippen LogP) is 2.97. The Bertz CT molecular complexity index is 1320. The van der Waals surface area contributed by atoms with E-state index in [1.165, 1.54) is 33.9 Å². The van der Waals surface area contributed by atoms with Crippen LogP contribution in [-0.4, -0.2) is 48.9 Å². The molecule has 0 fully saturated rings. The van der Waals surface area contributed by atoms with Gasteiger partial charge in [-0.15, -0.1) is 0 Å². The van der Waals surface area contributed by atoms with Crippen LogP contribution in [0.4, 0.5) is 5.69 Å². The summed E-state index contributed by atoms with van der Waals surface area (Å²) >= 11 is 0. The van der Waals surface area contributed by atoms with E-state index in [4.69, 9.17) is 20.9 Å². The Morgan fingerprint density at radius 2 is 1.51 bits per heavy atom. The van der Waals surface area contributed by atoms with Gasteiger partial charge in [0.05, 0.1) is 36.0 Å². The Kier molecular flexibility index (Phi) is 8.75. The van der Waals surface area contributed by atoms with E-state index in [-0.39, 0.29) is 23.4 Å². The molecule has 3 aromatic carbocycles. The Hall–Kier alpha value is -4.08. The summed E-state index contributed by atoms with van der Waals surface area (Å²) in [5.41, 5.74) is 12.5. The monoisotopic (exact) mass is 505 g/mol. The maximum Gasteiger partial charge on any atom is 0.340 e. The number of carbonyl (C=O) groups is 4. The second-order valence-electron chi connectivity index (χ2n) is 8.78. The maximum absolute atomic E-state index is 13.5. The predicted molar refractivity (Wildman–Crippen MR) is 140 cm³/mol. The number of methoxy groups -OCH3 is 1. The fraction of sp³-hybridized carbons (Fsp3) is 0.286. The molecule has 1 amide bonds. The minimum atomic E-state index is -1.22. The van der Waals surface area contributed by atoms with E-state index in [0.717, 1.165) is 10.5 Å². The molecule has 9 nitrogen and oxygen atoms in total. The summed E-state index contributed by atoms with van der Waals surface area (Å²) < 4.78 is 10.5. The van der Waals surface area contributed by atoms with E-state index in [1.807, 2.05) is 18.2 Å². The standard InChI is InChI=1S/C28H31N3O6/c1-16(29)25(32)23-21-13-9-8-12-20(21)14-22(28(35)37-15-19-10-6-5-7-11-19)24(23)31(26(33)17(2)30)18(3)27(34)36-4/h5-14,16-18H,15,29-30H2,1-4H3/t16-,17+,18+/m1/s1. The van der Waals surface area contributed by atoms with Crippen LogP contribution in [0.2, 0.25) is 0 Å². The number of ether oxygens (including phenoxy) is 2. The Labute approximate surface area is 215 Å². The summed E-state index contributed by atoms with van der Waals surface area (Å²) in [7, 11) is 1.18. The van der Waals surface area contributed by atoms with Gasteiger partial charge >= 0.3 is 11.9 Å². The van der Waals surface area contributed by atoms with Crippen LogP contribution in [0.15, 0.2) is 60.7 Å². The van der Waals surface area contributed by atoms with E-state index in [0.29, 0.717) is 10.8 Å². The smallest absolute Gasteiger partial charge is 0.340 e. The third-order valence-electron chi connectivity index (χ3n) is 5.91. The summed E-state index contributed by atoms with van der Waals surface area (Å²) in [6.07, 6.45) is 0. The lowest BCUT2D eigenvalue weighted by molar-refractivity contribution is -0.143. The van der Waals surface area contributed by atoms with Gasteiger partial charge in [0.25, 0.3) is 0 Å². The Morgan fingerprint density at radius 3 is 2.11 bits per heavy atom. The van der Waals surface area contributed by atoms with Crippen molar-refractivity contribution in [3.63, 3.8) is 0 Å². The molecular formula is C28H31N3O6. The number of nitrogens with two attached hydrogens (primary N) is 2. The van der Waals surface area contributed by atoms with Gasteiger partial charge in [-0.1, -0.05) is 54.6 Å². The molecule has 3 rings (SSSR count). The van der Waals surface area contributed by atoms with Crippen LogP contribution >= 0.6 is 0 Å². The zero-order chi connectivity index (χ0) is 27.3. The molecule has 3 atom stereocenters. The molecule has 9 heteroatoms. The molecule has 37 heavy (non-hydrogen) atoms. The number of esters is 2. The Morgan fingerprint density at radius 1 is 0.892 bits per heavy atom. The number of nitrogens with zero attached hydrogens (tertiary/aromatic N) is 1. The number of Topliss-reactive ketones (excluding diaryl/α,β-unsaturated/α-hetero) is 1. The quantitative estimate of drug-likeness (QED) is 0.334. The molecule has 0 saturated carbocycles. The van der Waals surface area contributed by atoms with Gasteiger partial charge < -0.3 is 20.9 Å². The van der Waals surface area contributed by atoms with Gasteiger partial charge in [-0.2, -0.15) is 0 Å². The first-order valence-corrected chi connectivity index (χ1v) is 11.8. The summed E-state index contributed by atoms with van der Waals surface area (Å²) in [6, 6.07) is 14.2. The molecule has 0 heterocycles. The summed E-state index contributed by atoms with van der Waals surface area (Å²) in [5.74, 6) is -2.76. The molecular weight excluding hydrogens is 474 g/mol. The van der Waals surface area contributed by atoms with Gasteiger partial charge in [-0.05, 0) is 43.2 Å². The van der Waals surface area contributed by atoms with Gasteiger partial charge in [0.2, 0.25) is 5.91 Å². The molecule has 0 radical (unpaired) electrons. The highest BCUT2D eigenvalue weighted by Crippen LogP contribution is 2.36. The first-order chi connectivity index (χ1) is 17.6. The van der Waals surface area contributed by atoms with Crippen LogP contribution < -0.4 is 16.4 Å². The number of amides is 1. The van der Waals surface area contributed by atoms with E-state index in [9.17, 15) is 19.2 Å². The van der Waals surface area contributed by atoms with E-state index in [1.54, 1.807) is 36.4 Å². The number of hydrogen-bond acceptors (Lipinski definition) is 8. The second-order valence-corrected chi connectivity index (χ2v) is 8.78. The molecule has 0 spiro atoms. The second kappa shape index (κ2) is 11.8. The number of ketones is 1. The SMILES string of the molecule is COC(=O)[C@H](C)N(C(=O)[C@H](C)N)c1c(C(=O)OCc2ccccc2)cc2ccccc2c1C(=O)[C@@H](C)N. The highest BCUT2D eigenvalue weighted by Gasteiger charge is 2.37. The summed E-state index contributed by atoms with van der Waals surface area (Å²) in [5, 5.41) is 1.01. The summed E-state index contributed by atoms with van der Waals surface area (Å²) in [6.45, 7) is 4.33. The maximum atomic E-state index is 13.5. The molecule has 0 unspecified atom stereocenters. The van der Waals surface area contributed by atoms with Crippen molar-refractivity contribution in [3.8, 4) is 0 Å². The van der Waals surface area contributed by atoms with E-state index < -0.39 is 41.8 Å². The lowest BCUT2D eigenvalue weighted by Gasteiger charge is -2.32. The van der Waals surface area contributed by atoms with Crippen LogP contribution in [0.5, 0.6) is 0 Å². The molecule has 0 aromatic heterocycles. The van der Waals surface area contributed by atoms with Gasteiger partial charge in [0, 0.05) is 0 Å². The van der Waals surface area contributed by atoms with Crippen molar-refractivity contribution in [1.82, 2.24) is 0 Å². The lowest BCUT2D eigenvalue weighted by Crippen LogP contribution is -2.51. The van der Waals surface area contributed by atoms with Crippen molar-refractivity contribution >= 4 is 40.1 Å². The minimum absolute atomic E-state index is 0.0181. The molecule has 0 aliphatic heterocycles. The first-order valence-electron chi connectivity index (χ1n) is 11.8. The number of carbonyl (C=O) groups excluding carboxylic acids is 4. The van der Waals surface area contributed by atoms with E-state index in [2.05, 4.69) is 0 Å². The highest BCUT2D eigenvalue weighted by molar-refractivity contribution is 6.21. The molecule has 4 N–H and O–H groups in total. The molecule has 194 valence electrons. The van der Waals surface area contributed by atoms with Gasteiger partial charge in [0.1, 0.15) is 12.6 Å².